The summed E-state index contributed by atoms with van der Waals surface area (Å²) in [4.78, 5) is 39.1. The molecule has 2 aromatic carbocycles. The standard InChI is InChI=1S/C20H21N3O3S/c1-27-17-9-5-7-15(13-17)22-20(26)19(25)21-14-6-4-8-16(12-14)23-11-3-2-10-18(23)24/h4-9,12-13H,2-3,10-11H2,1H3,(H,21,25)(H,22,26). The zero-order valence-corrected chi connectivity index (χ0v) is 15.8. The molecule has 6 nitrogen and oxygen atoms in total. The highest BCUT2D eigenvalue weighted by atomic mass is 32.2. The molecule has 1 fully saturated rings. The van der Waals surface area contributed by atoms with Gasteiger partial charge in [0.1, 0.15) is 0 Å². The van der Waals surface area contributed by atoms with E-state index in [0.717, 1.165) is 23.4 Å². The number of thioether (sulfide) groups is 1. The first-order valence-electron chi connectivity index (χ1n) is 8.73. The van der Waals surface area contributed by atoms with Crippen LogP contribution in [-0.2, 0) is 14.4 Å². The highest BCUT2D eigenvalue weighted by Gasteiger charge is 2.20. The van der Waals surface area contributed by atoms with E-state index in [0.29, 0.717) is 24.3 Å². The lowest BCUT2D eigenvalue weighted by atomic mass is 10.1. The van der Waals surface area contributed by atoms with Crippen LogP contribution in [0.5, 0.6) is 0 Å². The van der Waals surface area contributed by atoms with Gasteiger partial charge in [-0.1, -0.05) is 12.1 Å². The van der Waals surface area contributed by atoms with E-state index in [1.807, 2.05) is 24.5 Å². The Morgan fingerprint density at radius 1 is 0.963 bits per heavy atom. The van der Waals surface area contributed by atoms with Crippen LogP contribution in [0.25, 0.3) is 0 Å². The van der Waals surface area contributed by atoms with Crippen LogP contribution in [0.4, 0.5) is 17.1 Å². The summed E-state index contributed by atoms with van der Waals surface area (Å²) in [5.74, 6) is -1.42. The average molecular weight is 383 g/mol. The van der Waals surface area contributed by atoms with Gasteiger partial charge in [0, 0.05) is 34.9 Å². The minimum Gasteiger partial charge on any atom is -0.318 e. The number of anilines is 3. The second-order valence-electron chi connectivity index (χ2n) is 6.19. The van der Waals surface area contributed by atoms with Crippen molar-refractivity contribution in [3.05, 3.63) is 48.5 Å². The lowest BCUT2D eigenvalue weighted by molar-refractivity contribution is -0.132. The molecule has 0 unspecified atom stereocenters. The lowest BCUT2D eigenvalue weighted by Crippen LogP contribution is -2.35. The number of hydrogen-bond donors (Lipinski definition) is 2. The molecular weight excluding hydrogens is 362 g/mol. The van der Waals surface area contributed by atoms with Crippen LogP contribution >= 0.6 is 11.8 Å². The summed E-state index contributed by atoms with van der Waals surface area (Å²) in [6.45, 7) is 0.669. The van der Waals surface area contributed by atoms with Crippen molar-refractivity contribution in [2.24, 2.45) is 0 Å². The predicted molar refractivity (Wildman–Crippen MR) is 108 cm³/mol. The highest BCUT2D eigenvalue weighted by molar-refractivity contribution is 7.98. The number of rotatable bonds is 4. The van der Waals surface area contributed by atoms with Gasteiger partial charge in [0.25, 0.3) is 0 Å². The number of hydrogen-bond acceptors (Lipinski definition) is 4. The van der Waals surface area contributed by atoms with Gasteiger partial charge in [-0.15, -0.1) is 11.8 Å². The van der Waals surface area contributed by atoms with Crippen molar-refractivity contribution in [1.82, 2.24) is 0 Å². The van der Waals surface area contributed by atoms with Crippen LogP contribution < -0.4 is 15.5 Å². The minimum absolute atomic E-state index is 0.0798. The number of nitrogens with zero attached hydrogens (tertiary/aromatic N) is 1. The SMILES string of the molecule is CSc1cccc(NC(=O)C(=O)Nc2cccc(N3CCCCC3=O)c2)c1. The van der Waals surface area contributed by atoms with Crippen molar-refractivity contribution in [2.45, 2.75) is 24.2 Å². The van der Waals surface area contributed by atoms with E-state index in [9.17, 15) is 14.4 Å². The van der Waals surface area contributed by atoms with E-state index in [1.165, 1.54) is 0 Å². The summed E-state index contributed by atoms with van der Waals surface area (Å²) < 4.78 is 0. The second kappa shape index (κ2) is 8.73. The van der Waals surface area contributed by atoms with Gasteiger partial charge in [-0.3, -0.25) is 14.4 Å². The lowest BCUT2D eigenvalue weighted by Gasteiger charge is -2.27. The van der Waals surface area contributed by atoms with Crippen LogP contribution in [0.15, 0.2) is 53.4 Å². The first-order chi connectivity index (χ1) is 13.1. The number of amides is 3. The summed E-state index contributed by atoms with van der Waals surface area (Å²) in [5, 5.41) is 5.18. The van der Waals surface area contributed by atoms with Crippen molar-refractivity contribution in [3.63, 3.8) is 0 Å². The van der Waals surface area contributed by atoms with Crippen LogP contribution in [0.1, 0.15) is 19.3 Å². The Labute approximate surface area is 162 Å². The largest absolute Gasteiger partial charge is 0.318 e. The number of benzene rings is 2. The molecule has 0 saturated carbocycles. The van der Waals surface area contributed by atoms with Crippen molar-refractivity contribution < 1.29 is 14.4 Å². The first kappa shape index (κ1) is 19.0. The number of carbonyl (C=O) groups excluding carboxylic acids is 3. The van der Waals surface area contributed by atoms with E-state index >= 15 is 0 Å². The normalized spacial score (nSPS) is 14.0. The molecule has 1 aliphatic heterocycles. The van der Waals surface area contributed by atoms with Gasteiger partial charge in [-0.25, -0.2) is 0 Å². The summed E-state index contributed by atoms with van der Waals surface area (Å²) >= 11 is 1.55. The van der Waals surface area contributed by atoms with E-state index in [1.54, 1.807) is 47.0 Å². The molecule has 27 heavy (non-hydrogen) atoms. The summed E-state index contributed by atoms with van der Waals surface area (Å²) in [6, 6.07) is 14.3. The number of nitrogens with one attached hydrogen (secondary N) is 2. The predicted octanol–water partition coefficient (Wildman–Crippen LogP) is 3.50. The molecule has 0 bridgehead atoms. The zero-order chi connectivity index (χ0) is 19.2. The maximum absolute atomic E-state index is 12.2. The average Bonchev–Trinajstić information content (AvgIpc) is 2.68. The first-order valence-corrected chi connectivity index (χ1v) is 9.96. The second-order valence-corrected chi connectivity index (χ2v) is 7.07. The Balaban J connectivity index is 1.65. The van der Waals surface area contributed by atoms with Gasteiger partial charge in [-0.2, -0.15) is 0 Å². The van der Waals surface area contributed by atoms with E-state index in [2.05, 4.69) is 10.6 Å². The molecule has 3 amide bonds. The fraction of sp³-hybridized carbons (Fsp3) is 0.250. The van der Waals surface area contributed by atoms with Crippen LogP contribution in [0.2, 0.25) is 0 Å². The Kier molecular flexibility index (Phi) is 6.13. The topological polar surface area (TPSA) is 78.5 Å². The molecule has 0 atom stereocenters. The third kappa shape index (κ3) is 4.89. The van der Waals surface area contributed by atoms with E-state index in [-0.39, 0.29) is 5.91 Å². The molecule has 1 saturated heterocycles. The van der Waals surface area contributed by atoms with Crippen molar-refractivity contribution >= 4 is 46.5 Å². The molecule has 140 valence electrons. The van der Waals surface area contributed by atoms with Crippen molar-refractivity contribution in [3.8, 4) is 0 Å². The zero-order valence-electron chi connectivity index (χ0n) is 15.0. The van der Waals surface area contributed by atoms with Gasteiger partial charge in [0.2, 0.25) is 5.91 Å². The molecule has 0 aliphatic carbocycles. The number of carbonyl (C=O) groups is 3. The highest BCUT2D eigenvalue weighted by Crippen LogP contribution is 2.24. The Morgan fingerprint density at radius 2 is 1.63 bits per heavy atom. The molecule has 1 heterocycles. The van der Waals surface area contributed by atoms with Crippen molar-refractivity contribution in [1.29, 1.82) is 0 Å². The number of piperidine rings is 1. The molecule has 0 spiro atoms. The molecular formula is C20H21N3O3S. The monoisotopic (exact) mass is 383 g/mol. The molecule has 3 rings (SSSR count). The third-order valence-electron chi connectivity index (χ3n) is 4.27. The summed E-state index contributed by atoms with van der Waals surface area (Å²) in [6.07, 6.45) is 4.34. The van der Waals surface area contributed by atoms with Gasteiger partial charge >= 0.3 is 11.8 Å². The van der Waals surface area contributed by atoms with E-state index in [4.69, 9.17) is 0 Å². The van der Waals surface area contributed by atoms with Crippen molar-refractivity contribution in [2.75, 3.05) is 28.3 Å². The molecule has 0 radical (unpaired) electrons. The fourth-order valence-electron chi connectivity index (χ4n) is 2.91. The molecule has 1 aliphatic rings. The third-order valence-corrected chi connectivity index (χ3v) is 5.00. The Bertz CT molecular complexity index is 869. The van der Waals surface area contributed by atoms with Crippen LogP contribution in [0.3, 0.4) is 0 Å². The maximum atomic E-state index is 12.2. The quantitative estimate of drug-likeness (QED) is 0.626. The van der Waals surface area contributed by atoms with Gasteiger partial charge < -0.3 is 15.5 Å². The molecule has 0 aromatic heterocycles. The molecule has 7 heteroatoms. The minimum atomic E-state index is -0.758. The van der Waals surface area contributed by atoms with Crippen LogP contribution in [0, 0.1) is 0 Å². The summed E-state index contributed by atoms with van der Waals surface area (Å²) in [7, 11) is 0. The summed E-state index contributed by atoms with van der Waals surface area (Å²) in [5.41, 5.74) is 1.77. The van der Waals surface area contributed by atoms with Crippen LogP contribution in [-0.4, -0.2) is 30.5 Å². The molecule has 2 aromatic rings. The van der Waals surface area contributed by atoms with Gasteiger partial charge in [0.15, 0.2) is 0 Å². The fourth-order valence-corrected chi connectivity index (χ4v) is 3.37. The Hall–Kier alpha value is -2.80. The molecule has 2 N–H and O–H groups in total. The Morgan fingerprint density at radius 3 is 2.30 bits per heavy atom. The van der Waals surface area contributed by atoms with Gasteiger partial charge in [0.05, 0.1) is 0 Å². The maximum Gasteiger partial charge on any atom is 0.314 e. The smallest absolute Gasteiger partial charge is 0.314 e. The van der Waals surface area contributed by atoms with E-state index < -0.39 is 11.8 Å². The van der Waals surface area contributed by atoms with Gasteiger partial charge in [-0.05, 0) is 55.5 Å².